The number of hydrogen-bond acceptors (Lipinski definition) is 1. The zero-order valence-electron chi connectivity index (χ0n) is 8.70. The number of halogens is 3. The van der Waals surface area contributed by atoms with Crippen molar-refractivity contribution in [1.29, 1.82) is 0 Å². The van der Waals surface area contributed by atoms with E-state index >= 15 is 0 Å². The maximum Gasteiger partial charge on any atom is 0.159 e. The van der Waals surface area contributed by atoms with E-state index in [0.717, 1.165) is 12.1 Å². The molecular formula is C13H9F3O. The smallest absolute Gasteiger partial charge is 0.159 e. The van der Waals surface area contributed by atoms with E-state index in [-0.39, 0.29) is 5.56 Å². The summed E-state index contributed by atoms with van der Waals surface area (Å²) in [5, 5.41) is 9.89. The standard InChI is InChI=1S/C13H9F3O/c14-10-4-1-8(2-5-10)13(17)9-3-6-11(15)12(16)7-9/h1-7,13,17H. The van der Waals surface area contributed by atoms with E-state index in [0.29, 0.717) is 5.56 Å². The lowest BCUT2D eigenvalue weighted by Gasteiger charge is -2.11. The number of aliphatic hydroxyl groups is 1. The average molecular weight is 238 g/mol. The van der Waals surface area contributed by atoms with E-state index in [1.54, 1.807) is 0 Å². The molecule has 1 atom stereocenters. The van der Waals surface area contributed by atoms with E-state index in [4.69, 9.17) is 0 Å². The molecule has 0 aliphatic carbocycles. The third-order valence-electron chi connectivity index (χ3n) is 2.45. The van der Waals surface area contributed by atoms with Crippen LogP contribution in [-0.2, 0) is 0 Å². The number of hydrogen-bond donors (Lipinski definition) is 1. The maximum atomic E-state index is 13.0. The molecule has 1 unspecified atom stereocenters. The third kappa shape index (κ3) is 2.47. The van der Waals surface area contributed by atoms with Crippen LogP contribution in [0.2, 0.25) is 0 Å². The first kappa shape index (κ1) is 11.7. The van der Waals surface area contributed by atoms with Gasteiger partial charge in [0.15, 0.2) is 11.6 Å². The van der Waals surface area contributed by atoms with Gasteiger partial charge in [0.1, 0.15) is 11.9 Å². The fraction of sp³-hybridized carbons (Fsp3) is 0.0769. The second-order valence-corrected chi connectivity index (χ2v) is 3.63. The molecule has 88 valence electrons. The van der Waals surface area contributed by atoms with Gasteiger partial charge in [-0.05, 0) is 35.4 Å². The summed E-state index contributed by atoms with van der Waals surface area (Å²) in [4.78, 5) is 0. The van der Waals surface area contributed by atoms with E-state index in [9.17, 15) is 18.3 Å². The summed E-state index contributed by atoms with van der Waals surface area (Å²) in [5.74, 6) is -2.42. The van der Waals surface area contributed by atoms with Gasteiger partial charge < -0.3 is 5.11 Å². The summed E-state index contributed by atoms with van der Waals surface area (Å²) < 4.78 is 38.4. The van der Waals surface area contributed by atoms with E-state index in [2.05, 4.69) is 0 Å². The first-order valence-electron chi connectivity index (χ1n) is 4.96. The molecule has 2 rings (SSSR count). The van der Waals surface area contributed by atoms with Crippen LogP contribution in [0.1, 0.15) is 17.2 Å². The van der Waals surface area contributed by atoms with E-state index in [1.165, 1.54) is 30.3 Å². The van der Waals surface area contributed by atoms with Crippen LogP contribution in [-0.4, -0.2) is 5.11 Å². The van der Waals surface area contributed by atoms with Gasteiger partial charge in [-0.1, -0.05) is 18.2 Å². The third-order valence-corrected chi connectivity index (χ3v) is 2.45. The molecule has 0 saturated heterocycles. The van der Waals surface area contributed by atoms with Crippen LogP contribution in [0.25, 0.3) is 0 Å². The summed E-state index contributed by atoms with van der Waals surface area (Å²) in [6.07, 6.45) is -1.11. The Morgan fingerprint density at radius 3 is 1.94 bits per heavy atom. The Hall–Kier alpha value is -1.81. The van der Waals surface area contributed by atoms with Crippen LogP contribution in [0.5, 0.6) is 0 Å². The molecule has 0 aromatic heterocycles. The number of benzene rings is 2. The molecule has 0 radical (unpaired) electrons. The van der Waals surface area contributed by atoms with Gasteiger partial charge in [0, 0.05) is 0 Å². The van der Waals surface area contributed by atoms with Crippen LogP contribution < -0.4 is 0 Å². The molecule has 17 heavy (non-hydrogen) atoms. The maximum absolute atomic E-state index is 13.0. The highest BCUT2D eigenvalue weighted by molar-refractivity contribution is 5.30. The largest absolute Gasteiger partial charge is 0.384 e. The van der Waals surface area contributed by atoms with Crippen molar-refractivity contribution in [2.24, 2.45) is 0 Å². The van der Waals surface area contributed by atoms with E-state index in [1.807, 2.05) is 0 Å². The van der Waals surface area contributed by atoms with Gasteiger partial charge in [-0.3, -0.25) is 0 Å². The predicted octanol–water partition coefficient (Wildman–Crippen LogP) is 3.19. The number of aliphatic hydroxyl groups excluding tert-OH is 1. The van der Waals surface area contributed by atoms with Crippen molar-refractivity contribution in [2.45, 2.75) is 6.10 Å². The molecule has 0 saturated carbocycles. The predicted molar refractivity (Wildman–Crippen MR) is 56.8 cm³/mol. The summed E-state index contributed by atoms with van der Waals surface area (Å²) in [6.45, 7) is 0. The first-order chi connectivity index (χ1) is 8.08. The van der Waals surface area contributed by atoms with Crippen molar-refractivity contribution in [1.82, 2.24) is 0 Å². The van der Waals surface area contributed by atoms with Crippen LogP contribution in [0.15, 0.2) is 42.5 Å². The first-order valence-corrected chi connectivity index (χ1v) is 4.96. The summed E-state index contributed by atoms with van der Waals surface area (Å²) in [5.41, 5.74) is 0.632. The molecule has 0 bridgehead atoms. The molecule has 4 heteroatoms. The molecule has 2 aromatic carbocycles. The SMILES string of the molecule is OC(c1ccc(F)cc1)c1ccc(F)c(F)c1. The minimum atomic E-state index is -1.11. The Balaban J connectivity index is 2.33. The Morgan fingerprint density at radius 2 is 1.35 bits per heavy atom. The molecule has 1 nitrogen and oxygen atoms in total. The van der Waals surface area contributed by atoms with Crippen LogP contribution >= 0.6 is 0 Å². The van der Waals surface area contributed by atoms with Crippen molar-refractivity contribution in [3.63, 3.8) is 0 Å². The summed E-state index contributed by atoms with van der Waals surface area (Å²) in [7, 11) is 0. The molecule has 0 spiro atoms. The highest BCUT2D eigenvalue weighted by Crippen LogP contribution is 2.23. The van der Waals surface area contributed by atoms with Gasteiger partial charge in [-0.2, -0.15) is 0 Å². The van der Waals surface area contributed by atoms with Crippen molar-refractivity contribution < 1.29 is 18.3 Å². The lowest BCUT2D eigenvalue weighted by molar-refractivity contribution is 0.219. The van der Waals surface area contributed by atoms with Crippen molar-refractivity contribution in [3.8, 4) is 0 Å². The molecule has 0 aliphatic heterocycles. The van der Waals surface area contributed by atoms with Gasteiger partial charge in [-0.25, -0.2) is 13.2 Å². The van der Waals surface area contributed by atoms with Crippen LogP contribution in [0.4, 0.5) is 13.2 Å². The normalized spacial score (nSPS) is 12.5. The molecule has 0 heterocycles. The van der Waals surface area contributed by atoms with Gasteiger partial charge in [0.05, 0.1) is 0 Å². The highest BCUT2D eigenvalue weighted by atomic mass is 19.2. The van der Waals surface area contributed by atoms with Crippen molar-refractivity contribution in [2.75, 3.05) is 0 Å². The fourth-order valence-corrected chi connectivity index (χ4v) is 1.52. The Bertz CT molecular complexity index is 523. The zero-order chi connectivity index (χ0) is 12.4. The molecule has 1 N–H and O–H groups in total. The van der Waals surface area contributed by atoms with Crippen molar-refractivity contribution in [3.05, 3.63) is 71.0 Å². The van der Waals surface area contributed by atoms with E-state index < -0.39 is 23.6 Å². The molecule has 0 fully saturated rings. The molecule has 2 aromatic rings. The fourth-order valence-electron chi connectivity index (χ4n) is 1.52. The lowest BCUT2D eigenvalue weighted by Crippen LogP contribution is -2.01. The zero-order valence-corrected chi connectivity index (χ0v) is 8.70. The molecular weight excluding hydrogens is 229 g/mol. The Labute approximate surface area is 96.1 Å². The Morgan fingerprint density at radius 1 is 0.765 bits per heavy atom. The van der Waals surface area contributed by atoms with Crippen LogP contribution in [0, 0.1) is 17.5 Å². The van der Waals surface area contributed by atoms with Gasteiger partial charge in [0.25, 0.3) is 0 Å². The van der Waals surface area contributed by atoms with Crippen molar-refractivity contribution >= 4 is 0 Å². The average Bonchev–Trinajstić information content (AvgIpc) is 2.33. The number of rotatable bonds is 2. The Kier molecular flexibility index (Phi) is 3.15. The molecule has 0 amide bonds. The second-order valence-electron chi connectivity index (χ2n) is 3.63. The van der Waals surface area contributed by atoms with Gasteiger partial charge in [-0.15, -0.1) is 0 Å². The minimum Gasteiger partial charge on any atom is -0.384 e. The second kappa shape index (κ2) is 4.59. The van der Waals surface area contributed by atoms with Crippen LogP contribution in [0.3, 0.4) is 0 Å². The molecule has 0 aliphatic rings. The monoisotopic (exact) mass is 238 g/mol. The lowest BCUT2D eigenvalue weighted by atomic mass is 10.0. The highest BCUT2D eigenvalue weighted by Gasteiger charge is 2.12. The topological polar surface area (TPSA) is 20.2 Å². The summed E-state index contributed by atoms with van der Waals surface area (Å²) in [6, 6.07) is 8.31. The quantitative estimate of drug-likeness (QED) is 0.851. The van der Waals surface area contributed by atoms with Gasteiger partial charge in [0.2, 0.25) is 0 Å². The van der Waals surface area contributed by atoms with Gasteiger partial charge >= 0.3 is 0 Å². The summed E-state index contributed by atoms with van der Waals surface area (Å²) >= 11 is 0. The minimum absolute atomic E-state index is 0.218.